The Balaban J connectivity index is 2.25. The summed E-state index contributed by atoms with van der Waals surface area (Å²) in [6, 6.07) is 7.58. The minimum absolute atomic E-state index is 0.320. The van der Waals surface area contributed by atoms with Gasteiger partial charge < -0.3 is 9.74 Å². The summed E-state index contributed by atoms with van der Waals surface area (Å²) in [6.07, 6.45) is 0. The van der Waals surface area contributed by atoms with E-state index in [1.807, 2.05) is 55.8 Å². The predicted molar refractivity (Wildman–Crippen MR) is 96.6 cm³/mol. The molecule has 0 saturated heterocycles. The van der Waals surface area contributed by atoms with E-state index in [2.05, 4.69) is 0 Å². The number of carbonyl (C=O) groups is 2. The summed E-state index contributed by atoms with van der Waals surface area (Å²) in [7, 11) is 0. The van der Waals surface area contributed by atoms with Gasteiger partial charge >= 0.3 is 12.0 Å². The van der Waals surface area contributed by atoms with E-state index in [4.69, 9.17) is 4.84 Å². The van der Waals surface area contributed by atoms with Gasteiger partial charge in [0.15, 0.2) is 0 Å². The number of carbonyl (C=O) groups excluding carboxylic acids is 2. The molecule has 130 valence electrons. The van der Waals surface area contributed by atoms with Crippen molar-refractivity contribution in [2.24, 2.45) is 0 Å². The zero-order valence-corrected chi connectivity index (χ0v) is 15.9. The van der Waals surface area contributed by atoms with Crippen LogP contribution in [0.5, 0.6) is 0 Å². The van der Waals surface area contributed by atoms with Gasteiger partial charge in [-0.15, -0.1) is 27.7 Å². The minimum atomic E-state index is -0.633. The lowest BCUT2D eigenvalue weighted by molar-refractivity contribution is -0.194. The number of urea groups is 1. The van der Waals surface area contributed by atoms with E-state index in [-0.39, 0.29) is 6.03 Å². The van der Waals surface area contributed by atoms with Crippen molar-refractivity contribution in [2.45, 2.75) is 46.3 Å². The Morgan fingerprint density at radius 2 is 1.54 bits per heavy atom. The van der Waals surface area contributed by atoms with E-state index >= 15 is 0 Å². The third kappa shape index (κ3) is 5.07. The first-order valence-corrected chi connectivity index (χ1v) is 9.35. The van der Waals surface area contributed by atoms with E-state index < -0.39 is 11.5 Å². The summed E-state index contributed by atoms with van der Waals surface area (Å²) < 4.78 is 0. The molecule has 7 heteroatoms. The molecule has 0 bridgehead atoms. The highest BCUT2D eigenvalue weighted by atomic mass is 32.1. The average molecular weight is 367 g/mol. The highest BCUT2D eigenvalue weighted by molar-refractivity contribution is 7.10. The molecule has 2 amide bonds. The molecule has 0 aliphatic rings. The van der Waals surface area contributed by atoms with Crippen molar-refractivity contribution in [3.05, 3.63) is 44.8 Å². The van der Waals surface area contributed by atoms with Crippen LogP contribution in [-0.4, -0.2) is 27.5 Å². The first-order valence-electron chi connectivity index (χ1n) is 7.60. The third-order valence-corrected chi connectivity index (χ3v) is 4.85. The van der Waals surface area contributed by atoms with Crippen LogP contribution in [0.3, 0.4) is 0 Å². The molecule has 2 aromatic rings. The number of nitrogens with zero attached hydrogens (tertiary/aromatic N) is 2. The highest BCUT2D eigenvalue weighted by Crippen LogP contribution is 2.22. The van der Waals surface area contributed by atoms with Crippen LogP contribution in [-0.2, 0) is 22.7 Å². The van der Waals surface area contributed by atoms with E-state index in [9.17, 15) is 9.59 Å². The molecule has 0 atom stereocenters. The summed E-state index contributed by atoms with van der Waals surface area (Å²) in [5, 5.41) is 5.13. The van der Waals surface area contributed by atoms with Gasteiger partial charge in [-0.2, -0.15) is 0 Å². The molecule has 0 aliphatic heterocycles. The van der Waals surface area contributed by atoms with Crippen LogP contribution in [0.15, 0.2) is 35.0 Å². The van der Waals surface area contributed by atoms with Crippen LogP contribution in [0.2, 0.25) is 0 Å². The Bertz CT molecular complexity index is 624. The van der Waals surface area contributed by atoms with E-state index in [1.165, 1.54) is 6.92 Å². The van der Waals surface area contributed by atoms with Gasteiger partial charge in [0.2, 0.25) is 0 Å². The Morgan fingerprint density at radius 3 is 1.88 bits per heavy atom. The van der Waals surface area contributed by atoms with Gasteiger partial charge in [-0.1, -0.05) is 12.1 Å². The first-order chi connectivity index (χ1) is 11.3. The van der Waals surface area contributed by atoms with Gasteiger partial charge in [0, 0.05) is 16.7 Å². The van der Waals surface area contributed by atoms with Crippen LogP contribution in [0.4, 0.5) is 4.79 Å². The van der Waals surface area contributed by atoms with Gasteiger partial charge in [-0.3, -0.25) is 4.79 Å². The third-order valence-electron chi connectivity index (χ3n) is 3.13. The molecule has 0 N–H and O–H groups in total. The predicted octanol–water partition coefficient (Wildman–Crippen LogP) is 4.51. The molecule has 2 rings (SSSR count). The smallest absolute Gasteiger partial charge is 0.336 e. The zero-order valence-electron chi connectivity index (χ0n) is 14.3. The molecule has 5 nitrogen and oxygen atoms in total. The summed E-state index contributed by atoms with van der Waals surface area (Å²) in [5.41, 5.74) is -0.633. The lowest BCUT2D eigenvalue weighted by Gasteiger charge is -2.36. The van der Waals surface area contributed by atoms with Gasteiger partial charge in [0.1, 0.15) is 0 Å². The normalized spacial score (nSPS) is 11.2. The molecule has 0 aromatic carbocycles. The van der Waals surface area contributed by atoms with Crippen molar-refractivity contribution in [1.29, 1.82) is 0 Å². The largest absolute Gasteiger partial charge is 0.354 e. The SMILES string of the molecule is CC(=O)ON(C(=O)N(Cc1cccs1)Cc1cccs1)C(C)(C)C. The maximum absolute atomic E-state index is 13.1. The maximum Gasteiger partial charge on any atom is 0.354 e. The number of thiophene rings is 2. The van der Waals surface area contributed by atoms with Crippen molar-refractivity contribution >= 4 is 34.7 Å². The highest BCUT2D eigenvalue weighted by Gasteiger charge is 2.33. The molecule has 2 heterocycles. The zero-order chi connectivity index (χ0) is 17.7. The first kappa shape index (κ1) is 18.5. The summed E-state index contributed by atoms with van der Waals surface area (Å²) in [6.45, 7) is 7.76. The molecule has 2 aromatic heterocycles. The average Bonchev–Trinajstić information content (AvgIpc) is 3.15. The van der Waals surface area contributed by atoms with E-state index in [1.54, 1.807) is 27.6 Å². The minimum Gasteiger partial charge on any atom is -0.336 e. The van der Waals surface area contributed by atoms with Crippen molar-refractivity contribution in [1.82, 2.24) is 9.96 Å². The fraction of sp³-hybridized carbons (Fsp3) is 0.412. The van der Waals surface area contributed by atoms with Crippen molar-refractivity contribution in [3.8, 4) is 0 Å². The van der Waals surface area contributed by atoms with Crippen LogP contribution in [0, 0.1) is 0 Å². The molecule has 0 radical (unpaired) electrons. The van der Waals surface area contributed by atoms with Crippen LogP contribution in [0.25, 0.3) is 0 Å². The van der Waals surface area contributed by atoms with Crippen LogP contribution >= 0.6 is 22.7 Å². The molecule has 0 unspecified atom stereocenters. The molecule has 0 fully saturated rings. The quantitative estimate of drug-likeness (QED) is 0.748. The Hall–Kier alpha value is -1.86. The van der Waals surface area contributed by atoms with Gasteiger partial charge in [-0.25, -0.2) is 4.79 Å². The molecule has 0 saturated carbocycles. The number of hydroxylamine groups is 2. The van der Waals surface area contributed by atoms with Crippen molar-refractivity contribution in [2.75, 3.05) is 0 Å². The van der Waals surface area contributed by atoms with Crippen molar-refractivity contribution < 1.29 is 14.4 Å². The molecular weight excluding hydrogens is 344 g/mol. The molecular formula is C17H22N2O3S2. The van der Waals surface area contributed by atoms with Crippen LogP contribution < -0.4 is 0 Å². The maximum atomic E-state index is 13.1. The Kier molecular flexibility index (Phi) is 6.01. The summed E-state index contributed by atoms with van der Waals surface area (Å²) in [5.74, 6) is -0.509. The lowest BCUT2D eigenvalue weighted by atomic mass is 10.1. The van der Waals surface area contributed by atoms with E-state index in [0.29, 0.717) is 13.1 Å². The molecule has 0 spiro atoms. The summed E-state index contributed by atoms with van der Waals surface area (Å²) >= 11 is 3.20. The lowest BCUT2D eigenvalue weighted by Crippen LogP contribution is -2.51. The second-order valence-electron chi connectivity index (χ2n) is 6.35. The topological polar surface area (TPSA) is 49.9 Å². The second kappa shape index (κ2) is 7.81. The fourth-order valence-electron chi connectivity index (χ4n) is 2.09. The second-order valence-corrected chi connectivity index (χ2v) is 8.41. The number of hydrogen-bond acceptors (Lipinski definition) is 5. The van der Waals surface area contributed by atoms with Gasteiger partial charge in [0.05, 0.1) is 18.6 Å². The standard InChI is InChI=1S/C17H22N2O3S2/c1-13(20)22-19(17(2,3)4)16(21)18(11-14-7-5-9-23-14)12-15-8-6-10-24-15/h5-10H,11-12H2,1-4H3. The summed E-state index contributed by atoms with van der Waals surface area (Å²) in [4.78, 5) is 33.6. The number of hydrogen-bond donors (Lipinski definition) is 0. The van der Waals surface area contributed by atoms with E-state index in [0.717, 1.165) is 14.8 Å². The Labute approximate surface area is 150 Å². The fourth-order valence-corrected chi connectivity index (χ4v) is 3.53. The molecule has 24 heavy (non-hydrogen) atoms. The monoisotopic (exact) mass is 366 g/mol. The van der Waals surface area contributed by atoms with Crippen LogP contribution in [0.1, 0.15) is 37.4 Å². The van der Waals surface area contributed by atoms with Crippen molar-refractivity contribution in [3.63, 3.8) is 0 Å². The number of rotatable bonds is 4. The van der Waals surface area contributed by atoms with Gasteiger partial charge in [-0.05, 0) is 43.7 Å². The van der Waals surface area contributed by atoms with Gasteiger partial charge in [0.25, 0.3) is 0 Å². The Morgan fingerprint density at radius 1 is 1.04 bits per heavy atom. The number of amides is 2. The molecule has 0 aliphatic carbocycles.